The lowest BCUT2D eigenvalue weighted by atomic mass is 9.74. The Bertz CT molecular complexity index is 233. The van der Waals surface area contributed by atoms with Crippen LogP contribution in [0.5, 0.6) is 0 Å². The maximum absolute atomic E-state index is 6.15. The zero-order chi connectivity index (χ0) is 12.8. The van der Waals surface area contributed by atoms with Gasteiger partial charge in [-0.3, -0.25) is 0 Å². The summed E-state index contributed by atoms with van der Waals surface area (Å²) in [7, 11) is 0. The van der Waals surface area contributed by atoms with E-state index in [4.69, 9.17) is 5.73 Å². The van der Waals surface area contributed by atoms with Crippen molar-refractivity contribution < 1.29 is 0 Å². The van der Waals surface area contributed by atoms with Crippen LogP contribution in [0.25, 0.3) is 0 Å². The third-order valence-corrected chi connectivity index (χ3v) is 5.28. The lowest BCUT2D eigenvalue weighted by Crippen LogP contribution is -2.57. The van der Waals surface area contributed by atoms with E-state index < -0.39 is 0 Å². The van der Waals surface area contributed by atoms with Gasteiger partial charge in [0.05, 0.1) is 0 Å². The van der Waals surface area contributed by atoms with Crippen molar-refractivity contribution in [2.24, 2.45) is 11.7 Å². The Hall–Kier alpha value is -0.0800. The Morgan fingerprint density at radius 2 is 1.78 bits per heavy atom. The average molecular weight is 252 g/mol. The summed E-state index contributed by atoms with van der Waals surface area (Å²) >= 11 is 0. The molecule has 3 N–H and O–H groups in total. The highest BCUT2D eigenvalue weighted by Crippen LogP contribution is 2.35. The van der Waals surface area contributed by atoms with Crippen LogP contribution in [0.15, 0.2) is 0 Å². The number of hydrogen-bond donors (Lipinski definition) is 2. The first-order valence-corrected chi connectivity index (χ1v) is 8.26. The molecule has 2 fully saturated rings. The van der Waals surface area contributed by atoms with Gasteiger partial charge in [-0.05, 0) is 31.6 Å². The van der Waals surface area contributed by atoms with Crippen molar-refractivity contribution in [1.29, 1.82) is 0 Å². The minimum absolute atomic E-state index is 0.272. The highest BCUT2D eigenvalue weighted by Gasteiger charge is 2.36. The minimum atomic E-state index is 0.272. The fourth-order valence-electron chi connectivity index (χ4n) is 4.07. The van der Waals surface area contributed by atoms with Gasteiger partial charge in [0.1, 0.15) is 0 Å². The first-order chi connectivity index (χ1) is 8.78. The van der Waals surface area contributed by atoms with Gasteiger partial charge in [0.2, 0.25) is 0 Å². The normalized spacial score (nSPS) is 35.3. The molecule has 0 aromatic rings. The molecule has 0 amide bonds. The van der Waals surface area contributed by atoms with Gasteiger partial charge in [-0.15, -0.1) is 0 Å². The van der Waals surface area contributed by atoms with Crippen LogP contribution in [0.2, 0.25) is 0 Å². The van der Waals surface area contributed by atoms with Crippen LogP contribution >= 0.6 is 0 Å². The summed E-state index contributed by atoms with van der Waals surface area (Å²) in [6.45, 7) is 3.17. The van der Waals surface area contributed by atoms with Crippen LogP contribution in [-0.2, 0) is 0 Å². The molecule has 2 unspecified atom stereocenters. The molecule has 0 saturated heterocycles. The molecule has 2 saturated carbocycles. The quantitative estimate of drug-likeness (QED) is 0.750. The number of hydrogen-bond acceptors (Lipinski definition) is 2. The summed E-state index contributed by atoms with van der Waals surface area (Å²) in [4.78, 5) is 0. The molecule has 106 valence electrons. The summed E-state index contributed by atoms with van der Waals surface area (Å²) in [5.41, 5.74) is 6.42. The Morgan fingerprint density at radius 1 is 1.06 bits per heavy atom. The second-order valence-electron chi connectivity index (χ2n) is 6.69. The lowest BCUT2D eigenvalue weighted by molar-refractivity contribution is 0.159. The molecule has 2 aliphatic carbocycles. The lowest BCUT2D eigenvalue weighted by Gasteiger charge is -2.43. The van der Waals surface area contributed by atoms with E-state index in [1.165, 1.54) is 70.6 Å². The van der Waals surface area contributed by atoms with E-state index in [1.54, 1.807) is 0 Å². The molecule has 2 rings (SSSR count). The summed E-state index contributed by atoms with van der Waals surface area (Å²) < 4.78 is 0. The largest absolute Gasteiger partial charge is 0.329 e. The average Bonchev–Trinajstić information content (AvgIpc) is 2.67. The van der Waals surface area contributed by atoms with Crippen LogP contribution in [0, 0.1) is 5.92 Å². The molecule has 2 heteroatoms. The molecule has 2 aliphatic rings. The third-order valence-electron chi connectivity index (χ3n) is 5.28. The van der Waals surface area contributed by atoms with Gasteiger partial charge >= 0.3 is 0 Å². The SMILES string of the molecule is CCC1CCCC(CN)(NC2CCCCCC2)C1. The highest BCUT2D eigenvalue weighted by atomic mass is 15.0. The molecular formula is C16H32N2. The predicted octanol–water partition coefficient (Wildman–Crippen LogP) is 3.60. The standard InChI is InChI=1S/C16H32N2/c1-2-14-8-7-11-16(12-14,13-17)18-15-9-5-3-4-6-10-15/h14-15,18H,2-13,17H2,1H3. The van der Waals surface area contributed by atoms with Crippen LogP contribution in [0.4, 0.5) is 0 Å². The van der Waals surface area contributed by atoms with Crippen molar-refractivity contribution in [3.63, 3.8) is 0 Å². The first-order valence-electron chi connectivity index (χ1n) is 8.26. The van der Waals surface area contributed by atoms with Crippen molar-refractivity contribution in [1.82, 2.24) is 5.32 Å². The summed E-state index contributed by atoms with van der Waals surface area (Å²) in [6, 6.07) is 0.742. The topological polar surface area (TPSA) is 38.0 Å². The summed E-state index contributed by atoms with van der Waals surface area (Å²) in [5.74, 6) is 0.903. The van der Waals surface area contributed by atoms with Gasteiger partial charge in [0, 0.05) is 18.1 Å². The molecule has 0 bridgehead atoms. The van der Waals surface area contributed by atoms with Crippen LogP contribution < -0.4 is 11.1 Å². The van der Waals surface area contributed by atoms with Crippen LogP contribution in [0.1, 0.15) is 77.6 Å². The maximum Gasteiger partial charge on any atom is 0.0309 e. The first kappa shape index (κ1) is 14.3. The third kappa shape index (κ3) is 3.71. The maximum atomic E-state index is 6.15. The Kier molecular flexibility index (Phi) is 5.50. The van der Waals surface area contributed by atoms with Crippen molar-refractivity contribution >= 4 is 0 Å². The van der Waals surface area contributed by atoms with E-state index in [9.17, 15) is 0 Å². The van der Waals surface area contributed by atoms with E-state index in [0.29, 0.717) is 0 Å². The molecule has 0 radical (unpaired) electrons. The predicted molar refractivity (Wildman–Crippen MR) is 78.7 cm³/mol. The van der Waals surface area contributed by atoms with Gasteiger partial charge in [-0.2, -0.15) is 0 Å². The van der Waals surface area contributed by atoms with E-state index in [1.807, 2.05) is 0 Å². The van der Waals surface area contributed by atoms with Crippen molar-refractivity contribution in [2.45, 2.75) is 89.1 Å². The summed E-state index contributed by atoms with van der Waals surface area (Å²) in [5, 5.41) is 4.00. The zero-order valence-electron chi connectivity index (χ0n) is 12.2. The van der Waals surface area contributed by atoms with Crippen molar-refractivity contribution in [3.05, 3.63) is 0 Å². The monoisotopic (exact) mass is 252 g/mol. The molecule has 2 atom stereocenters. The smallest absolute Gasteiger partial charge is 0.0309 e. The number of nitrogens with two attached hydrogens (primary N) is 1. The van der Waals surface area contributed by atoms with Crippen LogP contribution in [0.3, 0.4) is 0 Å². The fourth-order valence-corrected chi connectivity index (χ4v) is 4.07. The second kappa shape index (κ2) is 6.91. The molecular weight excluding hydrogens is 220 g/mol. The van der Waals surface area contributed by atoms with E-state index in [0.717, 1.165) is 18.5 Å². The van der Waals surface area contributed by atoms with Gasteiger partial charge in [0.25, 0.3) is 0 Å². The molecule has 0 aliphatic heterocycles. The highest BCUT2D eigenvalue weighted by molar-refractivity contribution is 4.96. The Balaban J connectivity index is 1.93. The number of nitrogens with one attached hydrogen (secondary N) is 1. The minimum Gasteiger partial charge on any atom is -0.329 e. The number of rotatable bonds is 4. The Morgan fingerprint density at radius 3 is 2.39 bits per heavy atom. The molecule has 0 spiro atoms. The van der Waals surface area contributed by atoms with E-state index >= 15 is 0 Å². The zero-order valence-corrected chi connectivity index (χ0v) is 12.2. The Labute approximate surface area is 113 Å². The molecule has 2 nitrogen and oxygen atoms in total. The van der Waals surface area contributed by atoms with Crippen molar-refractivity contribution in [3.8, 4) is 0 Å². The fraction of sp³-hybridized carbons (Fsp3) is 1.00. The van der Waals surface area contributed by atoms with Crippen molar-refractivity contribution in [2.75, 3.05) is 6.54 Å². The van der Waals surface area contributed by atoms with E-state index in [-0.39, 0.29) is 5.54 Å². The van der Waals surface area contributed by atoms with E-state index in [2.05, 4.69) is 12.2 Å². The van der Waals surface area contributed by atoms with Gasteiger partial charge in [0.15, 0.2) is 0 Å². The molecule has 0 aromatic carbocycles. The summed E-state index contributed by atoms with van der Waals surface area (Å²) in [6.07, 6.45) is 15.2. The molecule has 0 heterocycles. The second-order valence-corrected chi connectivity index (χ2v) is 6.69. The molecule has 0 aromatic heterocycles. The van der Waals surface area contributed by atoms with Gasteiger partial charge < -0.3 is 11.1 Å². The van der Waals surface area contributed by atoms with Gasteiger partial charge in [-0.25, -0.2) is 0 Å². The molecule has 18 heavy (non-hydrogen) atoms. The van der Waals surface area contributed by atoms with Gasteiger partial charge in [-0.1, -0.05) is 51.9 Å². The van der Waals surface area contributed by atoms with Crippen LogP contribution in [-0.4, -0.2) is 18.1 Å².